The molecule has 2 aromatic heterocycles. The second-order valence-corrected chi connectivity index (χ2v) is 4.61. The van der Waals surface area contributed by atoms with Gasteiger partial charge in [0.25, 0.3) is 0 Å². The molecule has 0 fully saturated rings. The SMILES string of the molecule is CCc1cc(=S)oc2cc3occ(C)c3cc12. The molecule has 0 N–H and O–H groups in total. The number of fused-ring (bicyclic) bond motifs is 2. The predicted octanol–water partition coefficient (Wildman–Crippen LogP) is 4.78. The van der Waals surface area contributed by atoms with E-state index in [1.165, 1.54) is 5.56 Å². The van der Waals surface area contributed by atoms with Gasteiger partial charge in [-0.1, -0.05) is 6.92 Å². The van der Waals surface area contributed by atoms with Crippen LogP contribution in [-0.4, -0.2) is 0 Å². The second-order valence-electron chi connectivity index (χ2n) is 4.21. The molecule has 0 aliphatic carbocycles. The Labute approximate surface area is 104 Å². The molecule has 3 heteroatoms. The van der Waals surface area contributed by atoms with Crippen molar-refractivity contribution in [2.24, 2.45) is 0 Å². The average molecular weight is 244 g/mol. The number of benzene rings is 1. The summed E-state index contributed by atoms with van der Waals surface area (Å²) >= 11 is 5.12. The van der Waals surface area contributed by atoms with Gasteiger partial charge in [0.2, 0.25) is 0 Å². The molecule has 2 nitrogen and oxygen atoms in total. The Kier molecular flexibility index (Phi) is 2.30. The lowest BCUT2D eigenvalue weighted by atomic mass is 10.1. The second kappa shape index (κ2) is 3.70. The van der Waals surface area contributed by atoms with Crippen molar-refractivity contribution in [2.45, 2.75) is 20.3 Å². The first kappa shape index (κ1) is 10.5. The molecule has 0 amide bonds. The van der Waals surface area contributed by atoms with Gasteiger partial charge in [0.05, 0.1) is 6.26 Å². The first-order valence-corrected chi connectivity index (χ1v) is 6.04. The minimum Gasteiger partial charge on any atom is -0.464 e. The summed E-state index contributed by atoms with van der Waals surface area (Å²) in [5, 5.41) is 2.26. The van der Waals surface area contributed by atoms with Crippen LogP contribution in [0.1, 0.15) is 18.1 Å². The Morgan fingerprint density at radius 2 is 1.94 bits per heavy atom. The van der Waals surface area contributed by atoms with Crippen LogP contribution in [-0.2, 0) is 6.42 Å². The van der Waals surface area contributed by atoms with Crippen LogP contribution in [0.2, 0.25) is 0 Å². The summed E-state index contributed by atoms with van der Waals surface area (Å²) in [6.07, 6.45) is 2.71. The molecule has 0 aliphatic rings. The van der Waals surface area contributed by atoms with Crippen LogP contribution in [0.25, 0.3) is 21.9 Å². The molecule has 0 unspecified atom stereocenters. The topological polar surface area (TPSA) is 26.3 Å². The summed E-state index contributed by atoms with van der Waals surface area (Å²) in [4.78, 5) is 0. The largest absolute Gasteiger partial charge is 0.464 e. The third-order valence-corrected chi connectivity index (χ3v) is 3.30. The molecule has 1 aromatic carbocycles. The zero-order chi connectivity index (χ0) is 12.0. The quantitative estimate of drug-likeness (QED) is 0.576. The van der Waals surface area contributed by atoms with Crippen molar-refractivity contribution < 1.29 is 8.83 Å². The van der Waals surface area contributed by atoms with Crippen molar-refractivity contribution in [3.8, 4) is 0 Å². The van der Waals surface area contributed by atoms with Gasteiger partial charge >= 0.3 is 0 Å². The van der Waals surface area contributed by atoms with Gasteiger partial charge in [-0.25, -0.2) is 0 Å². The van der Waals surface area contributed by atoms with Gasteiger partial charge in [-0.3, -0.25) is 0 Å². The number of furan rings is 1. The van der Waals surface area contributed by atoms with Gasteiger partial charge in [-0.15, -0.1) is 0 Å². The van der Waals surface area contributed by atoms with Crippen LogP contribution in [0.5, 0.6) is 0 Å². The van der Waals surface area contributed by atoms with Gasteiger partial charge in [-0.2, -0.15) is 0 Å². The minimum absolute atomic E-state index is 0.525. The van der Waals surface area contributed by atoms with Crippen molar-refractivity contribution in [1.82, 2.24) is 0 Å². The maximum Gasteiger partial charge on any atom is 0.191 e. The van der Waals surface area contributed by atoms with Crippen LogP contribution in [0.15, 0.2) is 33.3 Å². The van der Waals surface area contributed by atoms with E-state index in [4.69, 9.17) is 21.1 Å². The Morgan fingerprint density at radius 3 is 2.71 bits per heavy atom. The Balaban J connectivity index is 2.53. The van der Waals surface area contributed by atoms with Crippen molar-refractivity contribution in [1.29, 1.82) is 0 Å². The highest BCUT2D eigenvalue weighted by molar-refractivity contribution is 7.71. The third kappa shape index (κ3) is 1.58. The highest BCUT2D eigenvalue weighted by atomic mass is 32.1. The van der Waals surface area contributed by atoms with E-state index in [1.54, 1.807) is 6.26 Å². The lowest BCUT2D eigenvalue weighted by Crippen LogP contribution is -1.84. The molecule has 0 bridgehead atoms. The van der Waals surface area contributed by atoms with Crippen molar-refractivity contribution >= 4 is 34.2 Å². The third-order valence-electron chi connectivity index (χ3n) is 3.10. The molecular formula is C14H12O2S. The maximum atomic E-state index is 5.58. The molecule has 0 saturated carbocycles. The van der Waals surface area contributed by atoms with Crippen LogP contribution < -0.4 is 0 Å². The smallest absolute Gasteiger partial charge is 0.191 e. The summed E-state index contributed by atoms with van der Waals surface area (Å²) in [5.41, 5.74) is 4.02. The molecule has 86 valence electrons. The van der Waals surface area contributed by atoms with E-state index in [-0.39, 0.29) is 0 Å². The summed E-state index contributed by atoms with van der Waals surface area (Å²) in [6, 6.07) is 5.98. The van der Waals surface area contributed by atoms with E-state index in [2.05, 4.69) is 13.0 Å². The van der Waals surface area contributed by atoms with Gasteiger partial charge in [-0.05, 0) is 48.8 Å². The first-order valence-electron chi connectivity index (χ1n) is 5.63. The average Bonchev–Trinajstić information content (AvgIpc) is 2.67. The molecule has 3 aromatic rings. The number of rotatable bonds is 1. The van der Waals surface area contributed by atoms with Crippen LogP contribution in [0.3, 0.4) is 0 Å². The number of hydrogen-bond donors (Lipinski definition) is 0. The lowest BCUT2D eigenvalue weighted by molar-refractivity contribution is 0.581. The minimum atomic E-state index is 0.525. The monoisotopic (exact) mass is 244 g/mol. The van der Waals surface area contributed by atoms with Crippen molar-refractivity contribution in [3.05, 3.63) is 40.3 Å². The maximum absolute atomic E-state index is 5.58. The van der Waals surface area contributed by atoms with Crippen LogP contribution in [0.4, 0.5) is 0 Å². The van der Waals surface area contributed by atoms with E-state index in [0.717, 1.165) is 33.9 Å². The zero-order valence-electron chi connectivity index (χ0n) is 9.74. The molecule has 2 heterocycles. The Hall–Kier alpha value is -1.61. The Morgan fingerprint density at radius 1 is 1.12 bits per heavy atom. The van der Waals surface area contributed by atoms with E-state index in [0.29, 0.717) is 4.71 Å². The molecule has 0 radical (unpaired) electrons. The summed E-state index contributed by atoms with van der Waals surface area (Å²) in [6.45, 7) is 4.16. The lowest BCUT2D eigenvalue weighted by Gasteiger charge is -2.03. The van der Waals surface area contributed by atoms with Crippen molar-refractivity contribution in [2.75, 3.05) is 0 Å². The summed E-state index contributed by atoms with van der Waals surface area (Å²) in [7, 11) is 0. The molecule has 0 spiro atoms. The molecule has 17 heavy (non-hydrogen) atoms. The fourth-order valence-electron chi connectivity index (χ4n) is 2.17. The molecular weight excluding hydrogens is 232 g/mol. The number of aryl methyl sites for hydroxylation is 2. The van der Waals surface area contributed by atoms with E-state index < -0.39 is 0 Å². The van der Waals surface area contributed by atoms with Gasteiger partial charge < -0.3 is 8.83 Å². The van der Waals surface area contributed by atoms with E-state index in [9.17, 15) is 0 Å². The highest BCUT2D eigenvalue weighted by Crippen LogP contribution is 2.29. The molecule has 0 aliphatic heterocycles. The highest BCUT2D eigenvalue weighted by Gasteiger charge is 2.08. The van der Waals surface area contributed by atoms with Gasteiger partial charge in [0.15, 0.2) is 4.71 Å². The summed E-state index contributed by atoms with van der Waals surface area (Å²) < 4.78 is 11.6. The summed E-state index contributed by atoms with van der Waals surface area (Å²) in [5.74, 6) is 0. The van der Waals surface area contributed by atoms with E-state index in [1.807, 2.05) is 19.1 Å². The standard InChI is InChI=1S/C14H12O2S/c1-3-9-4-14(17)16-13-6-12-10(5-11(9)13)8(2)7-15-12/h4-7H,3H2,1-2H3. The molecule has 0 atom stereocenters. The van der Waals surface area contributed by atoms with E-state index >= 15 is 0 Å². The van der Waals surface area contributed by atoms with Gasteiger partial charge in [0.1, 0.15) is 11.2 Å². The zero-order valence-corrected chi connectivity index (χ0v) is 10.6. The van der Waals surface area contributed by atoms with Crippen molar-refractivity contribution in [3.63, 3.8) is 0 Å². The Bertz CT molecular complexity index is 765. The normalized spacial score (nSPS) is 11.4. The van der Waals surface area contributed by atoms with Crippen LogP contribution >= 0.6 is 12.2 Å². The first-order chi connectivity index (χ1) is 8.19. The predicted molar refractivity (Wildman–Crippen MR) is 70.9 cm³/mol. The fraction of sp³-hybridized carbons (Fsp3) is 0.214. The van der Waals surface area contributed by atoms with Gasteiger partial charge in [0, 0.05) is 16.8 Å². The number of hydrogen-bond acceptors (Lipinski definition) is 3. The fourth-order valence-corrected chi connectivity index (χ4v) is 2.40. The molecule has 0 saturated heterocycles. The van der Waals surface area contributed by atoms with Crippen LogP contribution in [0, 0.1) is 11.6 Å². The molecule has 3 rings (SSSR count).